The fraction of sp³-hybridized carbons (Fsp3) is 0.692. The molecule has 0 bridgehead atoms. The lowest BCUT2D eigenvalue weighted by Crippen LogP contribution is -2.33. The Morgan fingerprint density at radius 3 is 2.83 bits per heavy atom. The summed E-state index contributed by atoms with van der Waals surface area (Å²) in [5, 5.41) is 12.7. The number of piperidine rings is 1. The maximum Gasteiger partial charge on any atom is 0.303 e. The molecule has 0 spiro atoms. The number of hydrogen-bond donors (Lipinski definition) is 1. The third-order valence-corrected chi connectivity index (χ3v) is 3.54. The van der Waals surface area contributed by atoms with E-state index in [1.54, 1.807) is 0 Å². The van der Waals surface area contributed by atoms with Gasteiger partial charge in [0.2, 0.25) is 0 Å². The molecular formula is C13H20N2O3. The zero-order chi connectivity index (χ0) is 13.0. The van der Waals surface area contributed by atoms with Crippen molar-refractivity contribution in [3.8, 4) is 0 Å². The van der Waals surface area contributed by atoms with E-state index in [2.05, 4.69) is 10.1 Å². The SMILES string of the molecule is Cc1cc(CN2CCC(CCC(=O)O)CC2)no1. The summed E-state index contributed by atoms with van der Waals surface area (Å²) >= 11 is 0. The minimum Gasteiger partial charge on any atom is -0.481 e. The van der Waals surface area contributed by atoms with Crippen LogP contribution in [0.2, 0.25) is 0 Å². The minimum atomic E-state index is -0.685. The second kappa shape index (κ2) is 6.00. The second-order valence-electron chi connectivity index (χ2n) is 5.08. The predicted molar refractivity (Wildman–Crippen MR) is 66.1 cm³/mol. The van der Waals surface area contributed by atoms with Crippen LogP contribution in [-0.2, 0) is 11.3 Å². The van der Waals surface area contributed by atoms with Gasteiger partial charge in [-0.05, 0) is 45.2 Å². The highest BCUT2D eigenvalue weighted by Gasteiger charge is 2.20. The number of aromatic nitrogens is 1. The molecule has 1 saturated heterocycles. The Kier molecular flexibility index (Phi) is 4.36. The van der Waals surface area contributed by atoms with Gasteiger partial charge in [-0.1, -0.05) is 5.16 Å². The van der Waals surface area contributed by atoms with Crippen LogP contribution in [0.4, 0.5) is 0 Å². The van der Waals surface area contributed by atoms with Crippen LogP contribution in [0, 0.1) is 12.8 Å². The summed E-state index contributed by atoms with van der Waals surface area (Å²) in [6.45, 7) is 4.78. The summed E-state index contributed by atoms with van der Waals surface area (Å²) in [5.74, 6) is 0.730. The van der Waals surface area contributed by atoms with Gasteiger partial charge in [0.1, 0.15) is 5.76 Å². The zero-order valence-electron chi connectivity index (χ0n) is 10.8. The van der Waals surface area contributed by atoms with E-state index in [1.165, 1.54) is 0 Å². The first-order valence-electron chi connectivity index (χ1n) is 6.50. The molecule has 0 amide bonds. The quantitative estimate of drug-likeness (QED) is 0.868. The van der Waals surface area contributed by atoms with Gasteiger partial charge in [0, 0.05) is 19.0 Å². The van der Waals surface area contributed by atoms with E-state index in [1.807, 2.05) is 13.0 Å². The summed E-state index contributed by atoms with van der Waals surface area (Å²) in [4.78, 5) is 12.9. The van der Waals surface area contributed by atoms with Crippen molar-refractivity contribution in [1.82, 2.24) is 10.1 Å². The van der Waals surface area contributed by atoms with Gasteiger partial charge in [0.15, 0.2) is 0 Å². The van der Waals surface area contributed by atoms with E-state index in [4.69, 9.17) is 9.63 Å². The summed E-state index contributed by atoms with van der Waals surface area (Å²) in [7, 11) is 0. The van der Waals surface area contributed by atoms with E-state index < -0.39 is 5.97 Å². The molecule has 2 heterocycles. The van der Waals surface area contributed by atoms with Gasteiger partial charge in [0.25, 0.3) is 0 Å². The molecule has 2 rings (SSSR count). The Morgan fingerprint density at radius 2 is 2.28 bits per heavy atom. The average Bonchev–Trinajstić information content (AvgIpc) is 2.74. The van der Waals surface area contributed by atoms with Gasteiger partial charge in [-0.3, -0.25) is 9.69 Å². The van der Waals surface area contributed by atoms with Crippen molar-refractivity contribution in [1.29, 1.82) is 0 Å². The second-order valence-corrected chi connectivity index (χ2v) is 5.08. The summed E-state index contributed by atoms with van der Waals surface area (Å²) in [6, 6.07) is 1.97. The third-order valence-electron chi connectivity index (χ3n) is 3.54. The number of aryl methyl sites for hydroxylation is 1. The normalized spacial score (nSPS) is 18.1. The fourth-order valence-electron chi connectivity index (χ4n) is 2.48. The number of carbonyl (C=O) groups is 1. The van der Waals surface area contributed by atoms with Crippen molar-refractivity contribution in [2.75, 3.05) is 13.1 Å². The minimum absolute atomic E-state index is 0.299. The topological polar surface area (TPSA) is 66.6 Å². The van der Waals surface area contributed by atoms with Gasteiger partial charge >= 0.3 is 5.97 Å². The standard InChI is InChI=1S/C13H20N2O3/c1-10-8-12(14-18-10)9-15-6-4-11(5-7-15)2-3-13(16)17/h8,11H,2-7,9H2,1H3,(H,16,17). The molecule has 1 N–H and O–H groups in total. The van der Waals surface area contributed by atoms with Crippen molar-refractivity contribution in [3.05, 3.63) is 17.5 Å². The Bertz CT molecular complexity index is 395. The van der Waals surface area contributed by atoms with Crippen LogP contribution >= 0.6 is 0 Å². The van der Waals surface area contributed by atoms with Crippen LogP contribution in [0.25, 0.3) is 0 Å². The van der Waals surface area contributed by atoms with E-state index in [0.717, 1.165) is 50.4 Å². The Morgan fingerprint density at radius 1 is 1.56 bits per heavy atom. The number of carboxylic acid groups (broad SMARTS) is 1. The van der Waals surface area contributed by atoms with Crippen molar-refractivity contribution in [2.45, 2.75) is 39.2 Å². The molecule has 0 radical (unpaired) electrons. The van der Waals surface area contributed by atoms with Gasteiger partial charge in [0.05, 0.1) is 5.69 Å². The van der Waals surface area contributed by atoms with Crippen LogP contribution in [0.3, 0.4) is 0 Å². The molecule has 0 aromatic carbocycles. The maximum atomic E-state index is 10.5. The molecule has 18 heavy (non-hydrogen) atoms. The molecule has 1 aromatic heterocycles. The van der Waals surface area contributed by atoms with E-state index in [-0.39, 0.29) is 0 Å². The molecule has 1 aliphatic rings. The lowest BCUT2D eigenvalue weighted by molar-refractivity contribution is -0.137. The van der Waals surface area contributed by atoms with Crippen LogP contribution < -0.4 is 0 Å². The molecule has 5 heteroatoms. The van der Waals surface area contributed by atoms with Crippen molar-refractivity contribution < 1.29 is 14.4 Å². The maximum absolute atomic E-state index is 10.5. The van der Waals surface area contributed by atoms with Gasteiger partial charge in [-0.2, -0.15) is 0 Å². The number of nitrogens with zero attached hydrogens (tertiary/aromatic N) is 2. The molecular weight excluding hydrogens is 232 g/mol. The molecule has 1 fully saturated rings. The monoisotopic (exact) mass is 252 g/mol. The molecule has 0 saturated carbocycles. The van der Waals surface area contributed by atoms with Crippen LogP contribution in [0.15, 0.2) is 10.6 Å². The third kappa shape index (κ3) is 3.84. The number of hydrogen-bond acceptors (Lipinski definition) is 4. The van der Waals surface area contributed by atoms with Gasteiger partial charge < -0.3 is 9.63 Å². The number of rotatable bonds is 5. The Balaban J connectivity index is 1.71. The number of carboxylic acids is 1. The molecule has 0 aliphatic carbocycles. The molecule has 1 aromatic rings. The zero-order valence-corrected chi connectivity index (χ0v) is 10.8. The molecule has 100 valence electrons. The van der Waals surface area contributed by atoms with E-state index in [9.17, 15) is 4.79 Å². The van der Waals surface area contributed by atoms with Crippen LogP contribution in [0.1, 0.15) is 37.1 Å². The first-order chi connectivity index (χ1) is 8.63. The van der Waals surface area contributed by atoms with Crippen molar-refractivity contribution >= 4 is 5.97 Å². The van der Waals surface area contributed by atoms with Crippen LogP contribution in [0.5, 0.6) is 0 Å². The highest BCUT2D eigenvalue weighted by Crippen LogP contribution is 2.22. The van der Waals surface area contributed by atoms with Crippen LogP contribution in [-0.4, -0.2) is 34.2 Å². The van der Waals surface area contributed by atoms with Crippen molar-refractivity contribution in [2.24, 2.45) is 5.92 Å². The average molecular weight is 252 g/mol. The Labute approximate surface area is 107 Å². The smallest absolute Gasteiger partial charge is 0.303 e. The largest absolute Gasteiger partial charge is 0.481 e. The number of aliphatic carboxylic acids is 1. The summed E-state index contributed by atoms with van der Waals surface area (Å²) in [6.07, 6.45) is 3.29. The Hall–Kier alpha value is -1.36. The summed E-state index contributed by atoms with van der Waals surface area (Å²) < 4.78 is 5.05. The molecule has 0 unspecified atom stereocenters. The predicted octanol–water partition coefficient (Wildman–Crippen LogP) is 2.06. The lowest BCUT2D eigenvalue weighted by atomic mass is 9.92. The first-order valence-corrected chi connectivity index (χ1v) is 6.50. The van der Waals surface area contributed by atoms with E-state index in [0.29, 0.717) is 12.3 Å². The first kappa shape index (κ1) is 13.1. The van der Waals surface area contributed by atoms with E-state index >= 15 is 0 Å². The molecule has 1 aliphatic heterocycles. The highest BCUT2D eigenvalue weighted by molar-refractivity contribution is 5.66. The van der Waals surface area contributed by atoms with Gasteiger partial charge in [-0.15, -0.1) is 0 Å². The highest BCUT2D eigenvalue weighted by atomic mass is 16.5. The number of likely N-dealkylation sites (tertiary alicyclic amines) is 1. The lowest BCUT2D eigenvalue weighted by Gasteiger charge is -2.31. The summed E-state index contributed by atoms with van der Waals surface area (Å²) in [5.41, 5.74) is 0.983. The molecule has 0 atom stereocenters. The fourth-order valence-corrected chi connectivity index (χ4v) is 2.48. The van der Waals surface area contributed by atoms with Crippen molar-refractivity contribution in [3.63, 3.8) is 0 Å². The molecule has 5 nitrogen and oxygen atoms in total. The van der Waals surface area contributed by atoms with Gasteiger partial charge in [-0.25, -0.2) is 0 Å².